The van der Waals surface area contributed by atoms with Gasteiger partial charge in [0.1, 0.15) is 0 Å². The van der Waals surface area contributed by atoms with E-state index in [1.165, 1.54) is 0 Å². The van der Waals surface area contributed by atoms with E-state index in [0.717, 1.165) is 11.3 Å². The largest absolute Gasteiger partial charge is 0.309 e. The SMILES string of the molecule is Cn1ccc(NC(=O)CCc2cnn(-c3ccccc3)c2)n1. The Morgan fingerprint density at radius 3 is 2.77 bits per heavy atom. The Morgan fingerprint density at radius 1 is 1.23 bits per heavy atom. The predicted molar refractivity (Wildman–Crippen MR) is 83.7 cm³/mol. The molecular weight excluding hydrogens is 278 g/mol. The molecule has 3 aromatic rings. The lowest BCUT2D eigenvalue weighted by Crippen LogP contribution is -2.12. The van der Waals surface area contributed by atoms with Crippen LogP contribution in [0.4, 0.5) is 5.82 Å². The number of aromatic nitrogens is 4. The highest BCUT2D eigenvalue weighted by Gasteiger charge is 2.07. The quantitative estimate of drug-likeness (QED) is 0.784. The molecule has 0 radical (unpaired) electrons. The maximum Gasteiger partial charge on any atom is 0.225 e. The Labute approximate surface area is 128 Å². The summed E-state index contributed by atoms with van der Waals surface area (Å²) in [4.78, 5) is 11.9. The monoisotopic (exact) mass is 295 g/mol. The second-order valence-corrected chi connectivity index (χ2v) is 5.05. The van der Waals surface area contributed by atoms with E-state index in [-0.39, 0.29) is 5.91 Å². The number of aryl methyl sites for hydroxylation is 2. The minimum atomic E-state index is -0.0499. The van der Waals surface area contributed by atoms with E-state index in [2.05, 4.69) is 15.5 Å². The summed E-state index contributed by atoms with van der Waals surface area (Å²) in [6, 6.07) is 11.7. The van der Waals surface area contributed by atoms with Crippen molar-refractivity contribution < 1.29 is 4.79 Å². The minimum Gasteiger partial charge on any atom is -0.309 e. The first-order valence-corrected chi connectivity index (χ1v) is 7.09. The zero-order valence-electron chi connectivity index (χ0n) is 12.3. The lowest BCUT2D eigenvalue weighted by molar-refractivity contribution is -0.116. The maximum atomic E-state index is 11.9. The second kappa shape index (κ2) is 6.26. The number of carbonyl (C=O) groups is 1. The van der Waals surface area contributed by atoms with Crippen molar-refractivity contribution in [2.45, 2.75) is 12.8 Å². The molecule has 3 rings (SSSR count). The zero-order chi connectivity index (χ0) is 15.4. The van der Waals surface area contributed by atoms with Gasteiger partial charge in [0.2, 0.25) is 5.91 Å². The smallest absolute Gasteiger partial charge is 0.225 e. The molecule has 1 amide bonds. The Morgan fingerprint density at radius 2 is 2.05 bits per heavy atom. The van der Waals surface area contributed by atoms with Gasteiger partial charge in [-0.05, 0) is 24.1 Å². The first-order valence-electron chi connectivity index (χ1n) is 7.09. The van der Waals surface area contributed by atoms with E-state index in [4.69, 9.17) is 0 Å². The molecule has 0 saturated heterocycles. The van der Waals surface area contributed by atoms with E-state index >= 15 is 0 Å². The zero-order valence-corrected chi connectivity index (χ0v) is 12.3. The van der Waals surface area contributed by atoms with Crippen LogP contribution < -0.4 is 5.32 Å². The number of rotatable bonds is 5. The fourth-order valence-corrected chi connectivity index (χ4v) is 2.16. The number of anilines is 1. The highest BCUT2D eigenvalue weighted by Crippen LogP contribution is 2.10. The highest BCUT2D eigenvalue weighted by atomic mass is 16.1. The molecule has 6 nitrogen and oxygen atoms in total. The molecule has 0 atom stereocenters. The van der Waals surface area contributed by atoms with Gasteiger partial charge in [-0.15, -0.1) is 0 Å². The molecule has 0 aliphatic carbocycles. The van der Waals surface area contributed by atoms with Crippen LogP contribution in [0.25, 0.3) is 5.69 Å². The van der Waals surface area contributed by atoms with Crippen molar-refractivity contribution in [3.05, 3.63) is 60.6 Å². The number of carbonyl (C=O) groups excluding carboxylic acids is 1. The molecule has 0 aliphatic heterocycles. The third-order valence-electron chi connectivity index (χ3n) is 3.28. The molecule has 0 saturated carbocycles. The van der Waals surface area contributed by atoms with Crippen LogP contribution in [0, 0.1) is 0 Å². The van der Waals surface area contributed by atoms with E-state index in [1.54, 1.807) is 23.1 Å². The van der Waals surface area contributed by atoms with Gasteiger partial charge >= 0.3 is 0 Å². The van der Waals surface area contributed by atoms with Crippen molar-refractivity contribution in [3.63, 3.8) is 0 Å². The van der Waals surface area contributed by atoms with Crippen LogP contribution in [0.1, 0.15) is 12.0 Å². The first-order chi connectivity index (χ1) is 10.7. The molecule has 0 fully saturated rings. The van der Waals surface area contributed by atoms with E-state index in [0.29, 0.717) is 18.7 Å². The van der Waals surface area contributed by atoms with Crippen molar-refractivity contribution >= 4 is 11.7 Å². The molecule has 1 aromatic carbocycles. The number of para-hydroxylation sites is 1. The number of amides is 1. The number of hydrogen-bond donors (Lipinski definition) is 1. The van der Waals surface area contributed by atoms with Gasteiger partial charge in [0.15, 0.2) is 5.82 Å². The molecule has 22 heavy (non-hydrogen) atoms. The molecular formula is C16H17N5O. The number of hydrogen-bond acceptors (Lipinski definition) is 3. The van der Waals surface area contributed by atoms with Gasteiger partial charge in [-0.2, -0.15) is 10.2 Å². The van der Waals surface area contributed by atoms with Crippen LogP contribution in [-0.2, 0) is 18.3 Å². The van der Waals surface area contributed by atoms with Gasteiger partial charge in [0.05, 0.1) is 11.9 Å². The summed E-state index contributed by atoms with van der Waals surface area (Å²) in [7, 11) is 1.81. The third kappa shape index (κ3) is 3.41. The first kappa shape index (κ1) is 14.1. The van der Waals surface area contributed by atoms with Crippen LogP contribution >= 0.6 is 0 Å². The number of nitrogens with zero attached hydrogens (tertiary/aromatic N) is 4. The molecule has 0 spiro atoms. The van der Waals surface area contributed by atoms with Crippen molar-refractivity contribution in [1.82, 2.24) is 19.6 Å². The molecule has 112 valence electrons. The molecule has 6 heteroatoms. The fourth-order valence-electron chi connectivity index (χ4n) is 2.16. The van der Waals surface area contributed by atoms with Crippen molar-refractivity contribution in [2.24, 2.45) is 7.05 Å². The molecule has 0 aliphatic rings. The van der Waals surface area contributed by atoms with Gasteiger partial charge in [-0.25, -0.2) is 4.68 Å². The van der Waals surface area contributed by atoms with E-state index < -0.39 is 0 Å². The third-order valence-corrected chi connectivity index (χ3v) is 3.28. The van der Waals surface area contributed by atoms with E-state index in [1.807, 2.05) is 48.3 Å². The van der Waals surface area contributed by atoms with Gasteiger partial charge in [0, 0.05) is 31.9 Å². The highest BCUT2D eigenvalue weighted by molar-refractivity contribution is 5.89. The summed E-state index contributed by atoms with van der Waals surface area (Å²) in [6.07, 6.45) is 6.58. The molecule has 2 aromatic heterocycles. The lowest BCUT2D eigenvalue weighted by Gasteiger charge is -2.01. The van der Waals surface area contributed by atoms with Gasteiger partial charge in [0.25, 0.3) is 0 Å². The normalized spacial score (nSPS) is 10.6. The van der Waals surface area contributed by atoms with Crippen molar-refractivity contribution in [1.29, 1.82) is 0 Å². The van der Waals surface area contributed by atoms with E-state index in [9.17, 15) is 4.79 Å². The van der Waals surface area contributed by atoms with Crippen molar-refractivity contribution in [3.8, 4) is 5.69 Å². The van der Waals surface area contributed by atoms with Crippen LogP contribution in [-0.4, -0.2) is 25.5 Å². The second-order valence-electron chi connectivity index (χ2n) is 5.05. The maximum absolute atomic E-state index is 11.9. The van der Waals surface area contributed by atoms with Gasteiger partial charge < -0.3 is 5.32 Å². The van der Waals surface area contributed by atoms with Crippen LogP contribution in [0.5, 0.6) is 0 Å². The fraction of sp³-hybridized carbons (Fsp3) is 0.188. The Kier molecular flexibility index (Phi) is 4.00. The average molecular weight is 295 g/mol. The summed E-state index contributed by atoms with van der Waals surface area (Å²) in [6.45, 7) is 0. The van der Waals surface area contributed by atoms with Gasteiger partial charge in [-0.1, -0.05) is 18.2 Å². The molecule has 0 bridgehead atoms. The summed E-state index contributed by atoms with van der Waals surface area (Å²) >= 11 is 0. The Bertz CT molecular complexity index is 760. The van der Waals surface area contributed by atoms with Crippen LogP contribution in [0.15, 0.2) is 55.0 Å². The number of benzene rings is 1. The Hall–Kier alpha value is -2.89. The van der Waals surface area contributed by atoms with Gasteiger partial charge in [-0.3, -0.25) is 9.48 Å². The lowest BCUT2D eigenvalue weighted by atomic mass is 10.2. The van der Waals surface area contributed by atoms with Crippen LogP contribution in [0.3, 0.4) is 0 Å². The number of nitrogens with one attached hydrogen (secondary N) is 1. The topological polar surface area (TPSA) is 64.7 Å². The molecule has 2 heterocycles. The van der Waals surface area contributed by atoms with Crippen molar-refractivity contribution in [2.75, 3.05) is 5.32 Å². The summed E-state index contributed by atoms with van der Waals surface area (Å²) in [5, 5.41) is 11.2. The van der Waals surface area contributed by atoms with Crippen LogP contribution in [0.2, 0.25) is 0 Å². The minimum absolute atomic E-state index is 0.0499. The average Bonchev–Trinajstić information content (AvgIpc) is 3.15. The summed E-state index contributed by atoms with van der Waals surface area (Å²) < 4.78 is 3.46. The standard InChI is InChI=1S/C16H17N5O/c1-20-10-9-15(19-20)18-16(22)8-7-13-11-17-21(12-13)14-5-3-2-4-6-14/h2-6,9-12H,7-8H2,1H3,(H,18,19,22). The molecule has 1 N–H and O–H groups in total. The summed E-state index contributed by atoms with van der Waals surface area (Å²) in [5.41, 5.74) is 2.03. The predicted octanol–water partition coefficient (Wildman–Crippen LogP) is 2.18. The summed E-state index contributed by atoms with van der Waals surface area (Å²) in [5.74, 6) is 0.527. The Balaban J connectivity index is 1.56. The molecule has 0 unspecified atom stereocenters.